The Hall–Kier alpha value is -1.22. The van der Waals surface area contributed by atoms with Crippen LogP contribution in [-0.4, -0.2) is 25.4 Å². The van der Waals surface area contributed by atoms with Crippen molar-refractivity contribution in [2.75, 3.05) is 25.6 Å². The molecule has 3 nitrogen and oxygen atoms in total. The van der Waals surface area contributed by atoms with Gasteiger partial charge in [-0.25, -0.2) is 0 Å². The maximum atomic E-state index is 9.02. The number of nitrogens with one attached hydrogen (secondary N) is 1. The average molecular weight is 279 g/mol. The van der Waals surface area contributed by atoms with E-state index < -0.39 is 0 Å². The van der Waals surface area contributed by atoms with Crippen LogP contribution in [-0.2, 0) is 12.8 Å². The zero-order valence-electron chi connectivity index (χ0n) is 13.2. The molecule has 0 unspecified atom stereocenters. The number of hydrogen-bond donors (Lipinski definition) is 2. The summed E-state index contributed by atoms with van der Waals surface area (Å²) in [5.74, 6) is 1.000. The molecule has 0 spiro atoms. The van der Waals surface area contributed by atoms with Gasteiger partial charge in [-0.3, -0.25) is 0 Å². The van der Waals surface area contributed by atoms with Gasteiger partial charge in [0.05, 0.1) is 6.61 Å². The summed E-state index contributed by atoms with van der Waals surface area (Å²) in [6.45, 7) is 4.84. The maximum absolute atomic E-state index is 9.02. The summed E-state index contributed by atoms with van der Waals surface area (Å²) >= 11 is 0. The molecule has 3 heteroatoms. The highest BCUT2D eigenvalue weighted by atomic mass is 16.5. The molecule has 0 saturated heterocycles. The van der Waals surface area contributed by atoms with Crippen molar-refractivity contribution in [2.24, 2.45) is 0 Å². The second-order valence-corrected chi connectivity index (χ2v) is 5.15. The number of anilines is 1. The molecule has 0 amide bonds. The molecule has 0 aliphatic carbocycles. The second kappa shape index (κ2) is 9.65. The first-order valence-corrected chi connectivity index (χ1v) is 7.84. The van der Waals surface area contributed by atoms with Gasteiger partial charge >= 0.3 is 0 Å². The smallest absolute Gasteiger partial charge is 0.125 e. The molecule has 0 aromatic heterocycles. The van der Waals surface area contributed by atoms with E-state index in [1.165, 1.54) is 24.0 Å². The Balaban J connectivity index is 3.06. The van der Waals surface area contributed by atoms with Gasteiger partial charge in [0.2, 0.25) is 0 Å². The largest absolute Gasteiger partial charge is 0.491 e. The zero-order valence-corrected chi connectivity index (χ0v) is 13.2. The van der Waals surface area contributed by atoms with Crippen LogP contribution in [0.25, 0.3) is 0 Å². The van der Waals surface area contributed by atoms with E-state index in [1.54, 1.807) is 0 Å². The van der Waals surface area contributed by atoms with E-state index >= 15 is 0 Å². The van der Waals surface area contributed by atoms with E-state index in [0.29, 0.717) is 6.61 Å². The molecule has 114 valence electrons. The number of aliphatic hydroxyl groups is 1. The van der Waals surface area contributed by atoms with Crippen LogP contribution in [0.5, 0.6) is 5.75 Å². The van der Waals surface area contributed by atoms with Gasteiger partial charge in [0.15, 0.2) is 0 Å². The predicted octanol–water partition coefficient (Wildman–Crippen LogP) is 3.78. The molecule has 0 radical (unpaired) electrons. The molecule has 1 rings (SSSR count). The van der Waals surface area contributed by atoms with Crippen LogP contribution >= 0.6 is 0 Å². The Kier molecular flexibility index (Phi) is 8.12. The van der Waals surface area contributed by atoms with Gasteiger partial charge in [-0.05, 0) is 48.9 Å². The Bertz CT molecular complexity index is 362. The number of aryl methyl sites for hydroxylation is 2. The molecule has 0 saturated carbocycles. The van der Waals surface area contributed by atoms with E-state index in [9.17, 15) is 0 Å². The standard InChI is InChI=1S/C17H29NO2/c1-4-6-8-14-12-16(18-3)13-15(9-7-5-2)17(14)20-11-10-19/h12-13,18-19H,4-11H2,1-3H3. The first-order chi connectivity index (χ1) is 9.76. The third kappa shape index (κ3) is 5.04. The monoisotopic (exact) mass is 279 g/mol. The number of unbranched alkanes of at least 4 members (excludes halogenated alkanes) is 2. The summed E-state index contributed by atoms with van der Waals surface area (Å²) in [6, 6.07) is 4.36. The molecule has 0 aliphatic rings. The van der Waals surface area contributed by atoms with Gasteiger partial charge < -0.3 is 15.2 Å². The van der Waals surface area contributed by atoms with Crippen LogP contribution < -0.4 is 10.1 Å². The Morgan fingerprint density at radius 3 is 2.00 bits per heavy atom. The number of hydrogen-bond acceptors (Lipinski definition) is 3. The molecule has 0 atom stereocenters. The summed E-state index contributed by atoms with van der Waals surface area (Å²) in [5, 5.41) is 12.3. The summed E-state index contributed by atoms with van der Waals surface area (Å²) in [5.41, 5.74) is 3.68. The van der Waals surface area contributed by atoms with Gasteiger partial charge in [-0.1, -0.05) is 26.7 Å². The Morgan fingerprint density at radius 1 is 1.05 bits per heavy atom. The number of rotatable bonds is 10. The number of ether oxygens (including phenoxy) is 1. The molecule has 2 N–H and O–H groups in total. The third-order valence-corrected chi connectivity index (χ3v) is 3.47. The van der Waals surface area contributed by atoms with Crippen LogP contribution in [0.15, 0.2) is 12.1 Å². The highest BCUT2D eigenvalue weighted by molar-refractivity contribution is 5.56. The first kappa shape index (κ1) is 16.8. The van der Waals surface area contributed by atoms with Gasteiger partial charge in [-0.2, -0.15) is 0 Å². The van der Waals surface area contributed by atoms with E-state index in [0.717, 1.165) is 37.1 Å². The topological polar surface area (TPSA) is 41.5 Å². The minimum atomic E-state index is 0.0637. The molecule has 1 aromatic rings. The van der Waals surface area contributed by atoms with E-state index in [2.05, 4.69) is 31.3 Å². The Morgan fingerprint density at radius 2 is 1.60 bits per heavy atom. The van der Waals surface area contributed by atoms with Crippen molar-refractivity contribution in [3.63, 3.8) is 0 Å². The molecular formula is C17H29NO2. The zero-order chi connectivity index (χ0) is 14.8. The van der Waals surface area contributed by atoms with Crippen molar-refractivity contribution in [2.45, 2.75) is 52.4 Å². The van der Waals surface area contributed by atoms with Gasteiger partial charge in [0, 0.05) is 12.7 Å². The normalized spacial score (nSPS) is 10.6. The summed E-state index contributed by atoms with van der Waals surface area (Å²) < 4.78 is 5.83. The summed E-state index contributed by atoms with van der Waals surface area (Å²) in [6.07, 6.45) is 6.74. The minimum Gasteiger partial charge on any atom is -0.491 e. The summed E-state index contributed by atoms with van der Waals surface area (Å²) in [7, 11) is 1.96. The summed E-state index contributed by atoms with van der Waals surface area (Å²) in [4.78, 5) is 0. The van der Waals surface area contributed by atoms with E-state index in [4.69, 9.17) is 9.84 Å². The highest BCUT2D eigenvalue weighted by Gasteiger charge is 2.12. The van der Waals surface area contributed by atoms with Crippen LogP contribution in [0.2, 0.25) is 0 Å². The first-order valence-electron chi connectivity index (χ1n) is 7.84. The van der Waals surface area contributed by atoms with Crippen LogP contribution in [0, 0.1) is 0 Å². The lowest BCUT2D eigenvalue weighted by Crippen LogP contribution is -2.08. The quantitative estimate of drug-likeness (QED) is 0.685. The van der Waals surface area contributed by atoms with Crippen molar-refractivity contribution in [1.29, 1.82) is 0 Å². The van der Waals surface area contributed by atoms with Crippen LogP contribution in [0.4, 0.5) is 5.69 Å². The van der Waals surface area contributed by atoms with E-state index in [1.807, 2.05) is 7.05 Å². The van der Waals surface area contributed by atoms with Gasteiger partial charge in [0.25, 0.3) is 0 Å². The highest BCUT2D eigenvalue weighted by Crippen LogP contribution is 2.31. The van der Waals surface area contributed by atoms with Crippen molar-refractivity contribution in [3.8, 4) is 5.75 Å². The Labute approximate surface area is 123 Å². The lowest BCUT2D eigenvalue weighted by Gasteiger charge is -2.17. The number of benzene rings is 1. The van der Waals surface area contributed by atoms with Crippen molar-refractivity contribution >= 4 is 5.69 Å². The molecule has 20 heavy (non-hydrogen) atoms. The van der Waals surface area contributed by atoms with E-state index in [-0.39, 0.29) is 6.61 Å². The average Bonchev–Trinajstić information content (AvgIpc) is 2.48. The fourth-order valence-electron chi connectivity index (χ4n) is 2.34. The maximum Gasteiger partial charge on any atom is 0.125 e. The van der Waals surface area contributed by atoms with Crippen LogP contribution in [0.1, 0.15) is 50.7 Å². The predicted molar refractivity (Wildman–Crippen MR) is 85.8 cm³/mol. The fraction of sp³-hybridized carbons (Fsp3) is 0.647. The van der Waals surface area contributed by atoms with Crippen LogP contribution in [0.3, 0.4) is 0 Å². The lowest BCUT2D eigenvalue weighted by molar-refractivity contribution is 0.199. The van der Waals surface area contributed by atoms with Gasteiger partial charge in [-0.15, -0.1) is 0 Å². The molecule has 0 heterocycles. The third-order valence-electron chi connectivity index (χ3n) is 3.47. The number of aliphatic hydroxyl groups excluding tert-OH is 1. The molecule has 0 aliphatic heterocycles. The molecule has 0 bridgehead atoms. The van der Waals surface area contributed by atoms with Crippen molar-refractivity contribution in [3.05, 3.63) is 23.3 Å². The van der Waals surface area contributed by atoms with Crippen molar-refractivity contribution < 1.29 is 9.84 Å². The second-order valence-electron chi connectivity index (χ2n) is 5.15. The lowest BCUT2D eigenvalue weighted by atomic mass is 9.99. The molecule has 0 fully saturated rings. The molecular weight excluding hydrogens is 250 g/mol. The fourth-order valence-corrected chi connectivity index (χ4v) is 2.34. The SMILES string of the molecule is CCCCc1cc(NC)cc(CCCC)c1OCCO. The minimum absolute atomic E-state index is 0.0637. The molecule has 1 aromatic carbocycles. The van der Waals surface area contributed by atoms with Crippen molar-refractivity contribution in [1.82, 2.24) is 0 Å². The van der Waals surface area contributed by atoms with Gasteiger partial charge in [0.1, 0.15) is 12.4 Å².